The third-order valence-corrected chi connectivity index (χ3v) is 8.60. The molecule has 0 spiro atoms. The van der Waals surface area contributed by atoms with Crippen LogP contribution >= 0.6 is 0 Å². The minimum absolute atomic E-state index is 0.000633. The Kier molecular flexibility index (Phi) is 5.03. The first-order valence-electron chi connectivity index (χ1n) is 13.1. The average molecular weight is 496 g/mol. The second-order valence-corrected chi connectivity index (χ2v) is 11.3. The van der Waals surface area contributed by atoms with Crippen LogP contribution in [0.25, 0.3) is 22.4 Å². The molecule has 3 aromatic carbocycles. The molecule has 4 aliphatic rings. The minimum atomic E-state index is -0.384. The number of halogens is 1. The Balaban J connectivity index is 1.10. The van der Waals surface area contributed by atoms with E-state index in [1.165, 1.54) is 43.5 Å². The van der Waals surface area contributed by atoms with Crippen molar-refractivity contribution in [1.29, 1.82) is 0 Å². The Morgan fingerprint density at radius 1 is 0.892 bits per heavy atom. The molecule has 1 aromatic heterocycles. The lowest BCUT2D eigenvalue weighted by molar-refractivity contribution is -0.0167. The molecule has 37 heavy (non-hydrogen) atoms. The van der Waals surface area contributed by atoms with Gasteiger partial charge in [0.05, 0.1) is 15.8 Å². The number of hydrogen-bond acceptors (Lipinski definition) is 3. The van der Waals surface area contributed by atoms with Gasteiger partial charge in [-0.3, -0.25) is 4.79 Å². The summed E-state index contributed by atoms with van der Waals surface area (Å²) in [6.45, 7) is 0. The van der Waals surface area contributed by atoms with E-state index >= 15 is 0 Å². The predicted molar refractivity (Wildman–Crippen MR) is 141 cm³/mol. The van der Waals surface area contributed by atoms with Gasteiger partial charge in [0.25, 0.3) is 17.3 Å². The summed E-state index contributed by atoms with van der Waals surface area (Å²) in [5.41, 5.74) is 3.83. The first-order chi connectivity index (χ1) is 17.9. The van der Waals surface area contributed by atoms with Crippen LogP contribution in [0, 0.1) is 28.5 Å². The molecule has 4 fully saturated rings. The van der Waals surface area contributed by atoms with Crippen LogP contribution in [0.2, 0.25) is 0 Å². The Morgan fingerprint density at radius 2 is 1.49 bits per heavy atom. The maximum Gasteiger partial charge on any atom is 0.263 e. The Labute approximate surface area is 213 Å². The molecule has 7 heteroatoms. The number of carbonyl (C=O) groups is 1. The van der Waals surface area contributed by atoms with Crippen molar-refractivity contribution in [2.45, 2.75) is 44.1 Å². The number of hydrogen-bond donors (Lipinski definition) is 2. The van der Waals surface area contributed by atoms with Crippen LogP contribution in [-0.2, 0) is 0 Å². The van der Waals surface area contributed by atoms with E-state index in [0.717, 1.165) is 58.4 Å². The molecular formula is C30H28FN4O2+. The summed E-state index contributed by atoms with van der Waals surface area (Å²) >= 11 is 0. The molecule has 1 amide bonds. The summed E-state index contributed by atoms with van der Waals surface area (Å²) < 4.78 is 13.9. The summed E-state index contributed by atoms with van der Waals surface area (Å²) in [5.74, 6) is 2.62. The summed E-state index contributed by atoms with van der Waals surface area (Å²) in [4.78, 5) is 33.9. The number of aromatic nitrogens is 2. The van der Waals surface area contributed by atoms with Gasteiger partial charge in [0, 0.05) is 45.8 Å². The molecule has 4 bridgehead atoms. The van der Waals surface area contributed by atoms with Gasteiger partial charge in [0.15, 0.2) is 0 Å². The third kappa shape index (κ3) is 4.02. The van der Waals surface area contributed by atoms with Crippen molar-refractivity contribution in [2.24, 2.45) is 17.8 Å². The molecular weight excluding hydrogens is 467 g/mol. The summed E-state index contributed by atoms with van der Waals surface area (Å²) in [5, 5.41) is 3.45. The SMILES string of the molecule is O=C(NC12CC3CC(CC(C3)C1)C2)c1ccc2nc(-c3ccc([N+](=O)c4ccc(F)cc4)cc3)[nH]c2c1. The Morgan fingerprint density at radius 3 is 2.11 bits per heavy atom. The quantitative estimate of drug-likeness (QED) is 0.304. The number of imidazole rings is 1. The van der Waals surface area contributed by atoms with Crippen molar-refractivity contribution in [1.82, 2.24) is 20.0 Å². The number of amides is 1. The Bertz CT molecular complexity index is 1490. The largest absolute Gasteiger partial charge is 0.347 e. The van der Waals surface area contributed by atoms with Crippen LogP contribution in [0.15, 0.2) is 66.7 Å². The standard InChI is InChI=1S/C30H27FN4O2/c31-23-4-8-25(9-5-23)35(37)24-6-1-21(2-7-24)28-32-26-10-3-22(14-27(26)33-28)29(36)34-30-15-18-11-19(16-30)13-20(12-18)17-30/h1-10,14,18-20H,11-13,15-17H2,(H-,32,33,34,36,37)/p+1. The van der Waals surface area contributed by atoms with E-state index in [2.05, 4.69) is 15.3 Å². The minimum Gasteiger partial charge on any atom is -0.347 e. The van der Waals surface area contributed by atoms with E-state index in [1.807, 2.05) is 30.3 Å². The van der Waals surface area contributed by atoms with Crippen molar-refractivity contribution < 1.29 is 9.18 Å². The maximum atomic E-state index is 13.3. The first-order valence-corrected chi connectivity index (χ1v) is 13.1. The van der Waals surface area contributed by atoms with E-state index in [-0.39, 0.29) is 17.3 Å². The van der Waals surface area contributed by atoms with Gasteiger partial charge in [-0.25, -0.2) is 9.37 Å². The van der Waals surface area contributed by atoms with Crippen LogP contribution in [-0.4, -0.2) is 21.4 Å². The van der Waals surface area contributed by atoms with Gasteiger partial charge in [-0.1, -0.05) is 0 Å². The number of fused-ring (bicyclic) bond motifs is 1. The summed E-state index contributed by atoms with van der Waals surface area (Å²) in [7, 11) is 0. The van der Waals surface area contributed by atoms with Crippen LogP contribution in [0.3, 0.4) is 0 Å². The lowest BCUT2D eigenvalue weighted by Gasteiger charge is -2.56. The van der Waals surface area contributed by atoms with Gasteiger partial charge in [-0.2, -0.15) is 0 Å². The number of benzene rings is 3. The number of carbonyl (C=O) groups excluding carboxylic acids is 1. The molecule has 186 valence electrons. The van der Waals surface area contributed by atoms with Gasteiger partial charge in [-0.05, 0) is 98.7 Å². The highest BCUT2D eigenvalue weighted by atomic mass is 19.1. The zero-order valence-corrected chi connectivity index (χ0v) is 20.4. The molecule has 4 aliphatic carbocycles. The fraction of sp³-hybridized carbons (Fsp3) is 0.333. The monoisotopic (exact) mass is 495 g/mol. The highest BCUT2D eigenvalue weighted by Crippen LogP contribution is 2.55. The highest BCUT2D eigenvalue weighted by Gasteiger charge is 2.51. The van der Waals surface area contributed by atoms with Gasteiger partial charge in [-0.15, -0.1) is 0 Å². The molecule has 0 unspecified atom stereocenters. The number of nitrogens with one attached hydrogen (secondary N) is 2. The Hall–Kier alpha value is -3.87. The number of nitroso groups, excluding NO2 is 1. The second kappa shape index (κ2) is 8.33. The van der Waals surface area contributed by atoms with Crippen molar-refractivity contribution >= 4 is 28.3 Å². The van der Waals surface area contributed by atoms with Crippen molar-refractivity contribution in [3.05, 3.63) is 83.0 Å². The molecule has 0 radical (unpaired) electrons. The maximum absolute atomic E-state index is 13.3. The first kappa shape index (κ1) is 22.3. The van der Waals surface area contributed by atoms with E-state index in [9.17, 15) is 14.1 Å². The van der Waals surface area contributed by atoms with Crippen LogP contribution in [0.4, 0.5) is 15.8 Å². The van der Waals surface area contributed by atoms with Gasteiger partial charge in [0.2, 0.25) is 0 Å². The van der Waals surface area contributed by atoms with E-state index in [0.29, 0.717) is 22.8 Å². The van der Waals surface area contributed by atoms with Crippen molar-refractivity contribution in [2.75, 3.05) is 0 Å². The van der Waals surface area contributed by atoms with Crippen molar-refractivity contribution in [3.8, 4) is 11.4 Å². The molecule has 0 saturated heterocycles. The molecule has 2 N–H and O–H groups in total. The molecule has 6 nitrogen and oxygen atoms in total. The predicted octanol–water partition coefficient (Wildman–Crippen LogP) is 6.67. The molecule has 1 heterocycles. The van der Waals surface area contributed by atoms with Gasteiger partial charge < -0.3 is 10.3 Å². The van der Waals surface area contributed by atoms with Crippen LogP contribution in [0.5, 0.6) is 0 Å². The summed E-state index contributed by atoms with van der Waals surface area (Å²) in [6, 6.07) is 18.1. The smallest absolute Gasteiger partial charge is 0.263 e. The van der Waals surface area contributed by atoms with E-state index in [4.69, 9.17) is 0 Å². The third-order valence-electron chi connectivity index (χ3n) is 8.60. The fourth-order valence-electron chi connectivity index (χ4n) is 7.34. The topological polar surface area (TPSA) is 77.9 Å². The van der Waals surface area contributed by atoms with E-state index in [1.54, 1.807) is 12.1 Å². The number of H-pyrrole nitrogens is 1. The molecule has 8 rings (SSSR count). The normalized spacial score (nSPS) is 25.9. The lowest BCUT2D eigenvalue weighted by atomic mass is 9.53. The fourth-order valence-corrected chi connectivity index (χ4v) is 7.34. The van der Waals surface area contributed by atoms with Crippen molar-refractivity contribution in [3.63, 3.8) is 0 Å². The summed E-state index contributed by atoms with van der Waals surface area (Å²) in [6.07, 6.45) is 7.41. The number of nitrogens with zero attached hydrogens (tertiary/aromatic N) is 2. The lowest BCUT2D eigenvalue weighted by Crippen LogP contribution is -2.59. The molecule has 0 aliphatic heterocycles. The zero-order chi connectivity index (χ0) is 25.1. The molecule has 4 aromatic rings. The zero-order valence-electron chi connectivity index (χ0n) is 20.4. The van der Waals surface area contributed by atoms with Crippen LogP contribution < -0.4 is 10.1 Å². The van der Waals surface area contributed by atoms with Gasteiger partial charge in [0.1, 0.15) is 11.6 Å². The van der Waals surface area contributed by atoms with E-state index < -0.39 is 0 Å². The number of aromatic amines is 1. The second-order valence-electron chi connectivity index (χ2n) is 11.3. The average Bonchev–Trinajstić information content (AvgIpc) is 3.31. The molecule has 0 atom stereocenters. The van der Waals surface area contributed by atoms with Gasteiger partial charge >= 0.3 is 0 Å². The van der Waals surface area contributed by atoms with Crippen LogP contribution in [0.1, 0.15) is 48.9 Å². The highest BCUT2D eigenvalue weighted by molar-refractivity contribution is 5.98. The molecule has 4 saturated carbocycles. The number of rotatable bonds is 5.